The van der Waals surface area contributed by atoms with Crippen LogP contribution in [0, 0.1) is 23.7 Å². The Morgan fingerprint density at radius 1 is 0.692 bits per heavy atom. The maximum absolute atomic E-state index is 13.1. The second-order valence-corrected chi connectivity index (χ2v) is 7.42. The summed E-state index contributed by atoms with van der Waals surface area (Å²) < 4.78 is 0. The molecule has 0 spiro atoms. The average Bonchev–Trinajstić information content (AvgIpc) is 2.68. The second-order valence-electron chi connectivity index (χ2n) is 7.42. The van der Waals surface area contributed by atoms with Crippen molar-refractivity contribution in [2.24, 2.45) is 23.7 Å². The Morgan fingerprint density at radius 2 is 1.04 bits per heavy atom. The first-order valence-corrected chi connectivity index (χ1v) is 9.25. The van der Waals surface area contributed by atoms with Gasteiger partial charge in [0.1, 0.15) is 0 Å². The van der Waals surface area contributed by atoms with Gasteiger partial charge in [-0.1, -0.05) is 36.4 Å². The summed E-state index contributed by atoms with van der Waals surface area (Å²) in [7, 11) is 3.62. The summed E-state index contributed by atoms with van der Waals surface area (Å²) in [5, 5.41) is 0. The highest BCUT2D eigenvalue weighted by atomic mass is 16.2. The van der Waals surface area contributed by atoms with Gasteiger partial charge in [0.25, 0.3) is 0 Å². The van der Waals surface area contributed by atoms with E-state index in [1.165, 1.54) is 0 Å². The highest BCUT2D eigenvalue weighted by molar-refractivity contribution is 6.03. The molecule has 0 radical (unpaired) electrons. The first-order valence-electron chi connectivity index (χ1n) is 9.25. The standard InChI is InChI=1S/C22H24N2O2/c1-23(15-9-5-3-6-10-15)21(25)19-17-13-14-18(17)20(19)22(26)24(2)16-11-7-4-8-12-16/h3-12,17-20H,13-14H2,1-2H3. The third-order valence-corrected chi connectivity index (χ3v) is 6.21. The van der Waals surface area contributed by atoms with Crippen LogP contribution in [0.2, 0.25) is 0 Å². The monoisotopic (exact) mass is 348 g/mol. The summed E-state index contributed by atoms with van der Waals surface area (Å²) >= 11 is 0. The minimum absolute atomic E-state index is 0.0666. The van der Waals surface area contributed by atoms with E-state index in [2.05, 4.69) is 0 Å². The number of benzene rings is 2. The number of rotatable bonds is 4. The second kappa shape index (κ2) is 6.60. The third kappa shape index (κ3) is 2.61. The van der Waals surface area contributed by atoms with E-state index in [9.17, 15) is 9.59 Å². The molecule has 0 saturated heterocycles. The maximum atomic E-state index is 13.1. The lowest BCUT2D eigenvalue weighted by Crippen LogP contribution is -2.63. The molecule has 4 rings (SSSR count). The number of carbonyl (C=O) groups excluding carboxylic acids is 2. The molecule has 2 aromatic carbocycles. The number of fused-ring (bicyclic) bond motifs is 1. The number of para-hydroxylation sites is 2. The lowest BCUT2D eigenvalue weighted by molar-refractivity contribution is -0.163. The Kier molecular flexibility index (Phi) is 4.27. The maximum Gasteiger partial charge on any atom is 0.230 e. The van der Waals surface area contributed by atoms with Gasteiger partial charge in [-0.05, 0) is 48.9 Å². The molecule has 4 unspecified atom stereocenters. The van der Waals surface area contributed by atoms with Gasteiger partial charge in [-0.3, -0.25) is 9.59 Å². The lowest BCUT2D eigenvalue weighted by Gasteiger charge is -2.58. The molecule has 0 aliphatic heterocycles. The molecule has 0 N–H and O–H groups in total. The van der Waals surface area contributed by atoms with Crippen LogP contribution in [0.15, 0.2) is 60.7 Å². The van der Waals surface area contributed by atoms with Crippen molar-refractivity contribution in [2.75, 3.05) is 23.9 Å². The van der Waals surface area contributed by atoms with Gasteiger partial charge in [-0.25, -0.2) is 0 Å². The molecule has 4 atom stereocenters. The van der Waals surface area contributed by atoms with E-state index >= 15 is 0 Å². The molecule has 0 aromatic heterocycles. The Hall–Kier alpha value is -2.62. The van der Waals surface area contributed by atoms with Crippen LogP contribution in [0.3, 0.4) is 0 Å². The predicted octanol–water partition coefficient (Wildman–Crippen LogP) is 3.58. The third-order valence-electron chi connectivity index (χ3n) is 6.21. The van der Waals surface area contributed by atoms with Crippen molar-refractivity contribution < 1.29 is 9.59 Å². The molecule has 4 nitrogen and oxygen atoms in total. The van der Waals surface area contributed by atoms with Crippen molar-refractivity contribution in [3.8, 4) is 0 Å². The Morgan fingerprint density at radius 3 is 1.35 bits per heavy atom. The van der Waals surface area contributed by atoms with Crippen molar-refractivity contribution in [1.29, 1.82) is 0 Å². The van der Waals surface area contributed by atoms with Crippen molar-refractivity contribution in [1.82, 2.24) is 0 Å². The fourth-order valence-corrected chi connectivity index (χ4v) is 4.51. The summed E-state index contributed by atoms with van der Waals surface area (Å²) in [4.78, 5) is 29.7. The van der Waals surface area contributed by atoms with E-state index in [0.29, 0.717) is 11.8 Å². The number of nitrogens with zero attached hydrogens (tertiary/aromatic N) is 2. The first-order chi connectivity index (χ1) is 12.6. The van der Waals surface area contributed by atoms with Crippen LogP contribution in [0.5, 0.6) is 0 Å². The van der Waals surface area contributed by atoms with E-state index in [4.69, 9.17) is 0 Å². The van der Waals surface area contributed by atoms with Crippen LogP contribution in [0.4, 0.5) is 11.4 Å². The molecule has 2 aliphatic carbocycles. The molecular formula is C22H24N2O2. The molecule has 0 heterocycles. The number of hydrogen-bond donors (Lipinski definition) is 0. The molecular weight excluding hydrogens is 324 g/mol. The molecule has 26 heavy (non-hydrogen) atoms. The summed E-state index contributed by atoms with van der Waals surface area (Å²) in [5.74, 6) is 0.475. The number of hydrogen-bond acceptors (Lipinski definition) is 2. The molecule has 4 heteroatoms. The molecule has 2 saturated carbocycles. The van der Waals surface area contributed by atoms with Gasteiger partial charge < -0.3 is 9.80 Å². The summed E-state index contributed by atoms with van der Waals surface area (Å²) in [6.07, 6.45) is 2.12. The van der Waals surface area contributed by atoms with E-state index < -0.39 is 0 Å². The molecule has 2 amide bonds. The van der Waals surface area contributed by atoms with Crippen molar-refractivity contribution in [3.05, 3.63) is 60.7 Å². The fraction of sp³-hybridized carbons (Fsp3) is 0.364. The smallest absolute Gasteiger partial charge is 0.230 e. The number of carbonyl (C=O) groups is 2. The van der Waals surface area contributed by atoms with Gasteiger partial charge in [0.15, 0.2) is 0 Å². The van der Waals surface area contributed by atoms with E-state index in [1.54, 1.807) is 9.80 Å². The van der Waals surface area contributed by atoms with E-state index in [1.807, 2.05) is 74.8 Å². The van der Waals surface area contributed by atoms with E-state index in [-0.39, 0.29) is 23.7 Å². The average molecular weight is 348 g/mol. The van der Waals surface area contributed by atoms with Crippen LogP contribution in [-0.2, 0) is 9.59 Å². The summed E-state index contributed by atoms with van der Waals surface area (Å²) in [6, 6.07) is 19.3. The van der Waals surface area contributed by atoms with Gasteiger partial charge in [-0.15, -0.1) is 0 Å². The zero-order valence-corrected chi connectivity index (χ0v) is 15.2. The van der Waals surface area contributed by atoms with Gasteiger partial charge in [-0.2, -0.15) is 0 Å². The minimum atomic E-state index is -0.197. The summed E-state index contributed by atoms with van der Waals surface area (Å²) in [6.45, 7) is 0. The van der Waals surface area contributed by atoms with Crippen LogP contribution in [-0.4, -0.2) is 25.9 Å². The normalized spacial score (nSPS) is 26.1. The Labute approximate surface area is 154 Å². The highest BCUT2D eigenvalue weighted by Gasteiger charge is 2.62. The Balaban J connectivity index is 1.54. The fourth-order valence-electron chi connectivity index (χ4n) is 4.51. The molecule has 134 valence electrons. The van der Waals surface area contributed by atoms with Crippen LogP contribution in [0.1, 0.15) is 12.8 Å². The van der Waals surface area contributed by atoms with Gasteiger partial charge in [0, 0.05) is 25.5 Å². The molecule has 0 bridgehead atoms. The van der Waals surface area contributed by atoms with Crippen LogP contribution >= 0.6 is 0 Å². The van der Waals surface area contributed by atoms with Crippen molar-refractivity contribution in [2.45, 2.75) is 12.8 Å². The lowest BCUT2D eigenvalue weighted by atomic mass is 9.46. The SMILES string of the molecule is CN(C(=O)C1C2CCC2C1C(=O)N(C)c1ccccc1)c1ccccc1. The highest BCUT2D eigenvalue weighted by Crippen LogP contribution is 2.59. The molecule has 2 aliphatic rings. The van der Waals surface area contributed by atoms with Gasteiger partial charge in [0.2, 0.25) is 11.8 Å². The van der Waals surface area contributed by atoms with Gasteiger partial charge in [0.05, 0.1) is 11.8 Å². The topological polar surface area (TPSA) is 40.6 Å². The largest absolute Gasteiger partial charge is 0.315 e. The molecule has 2 aromatic rings. The predicted molar refractivity (Wildman–Crippen MR) is 103 cm³/mol. The Bertz CT molecular complexity index is 736. The van der Waals surface area contributed by atoms with Crippen LogP contribution in [0.25, 0.3) is 0 Å². The van der Waals surface area contributed by atoms with E-state index in [0.717, 1.165) is 24.2 Å². The zero-order valence-electron chi connectivity index (χ0n) is 15.2. The first kappa shape index (κ1) is 16.8. The van der Waals surface area contributed by atoms with Crippen molar-refractivity contribution >= 4 is 23.2 Å². The summed E-state index contributed by atoms with van der Waals surface area (Å²) in [5.41, 5.74) is 1.76. The quantitative estimate of drug-likeness (QED) is 0.847. The van der Waals surface area contributed by atoms with Gasteiger partial charge >= 0.3 is 0 Å². The minimum Gasteiger partial charge on any atom is -0.315 e. The number of anilines is 2. The van der Waals surface area contributed by atoms with Crippen LogP contribution < -0.4 is 9.80 Å². The molecule has 2 fully saturated rings. The zero-order chi connectivity index (χ0) is 18.3. The number of amides is 2. The van der Waals surface area contributed by atoms with Crippen molar-refractivity contribution in [3.63, 3.8) is 0 Å².